The van der Waals surface area contributed by atoms with E-state index < -0.39 is 19.6 Å². The van der Waals surface area contributed by atoms with Crippen molar-refractivity contribution in [1.29, 1.82) is 0 Å². The summed E-state index contributed by atoms with van der Waals surface area (Å²) in [6.07, 6.45) is 1.60. The maximum atomic E-state index is 12.0. The van der Waals surface area contributed by atoms with Gasteiger partial charge in [0, 0.05) is 0 Å². The van der Waals surface area contributed by atoms with Crippen molar-refractivity contribution in [3.8, 4) is 0 Å². The lowest BCUT2D eigenvalue weighted by molar-refractivity contribution is -0.139. The van der Waals surface area contributed by atoms with E-state index in [1.54, 1.807) is 13.8 Å². The molecule has 0 aromatic heterocycles. The van der Waals surface area contributed by atoms with Crippen LogP contribution in [0.4, 0.5) is 0 Å². The number of nitrogens with one attached hydrogen (secondary N) is 1. The molecule has 2 N–H and O–H groups in total. The predicted molar refractivity (Wildman–Crippen MR) is 65.1 cm³/mol. The monoisotopic (exact) mass is 265 g/mol. The molecule has 0 aliphatic heterocycles. The Morgan fingerprint density at radius 1 is 1.47 bits per heavy atom. The third kappa shape index (κ3) is 6.58. The van der Waals surface area contributed by atoms with Gasteiger partial charge in [0.2, 0.25) is 0 Å². The Bertz CT molecular complexity index is 284. The zero-order chi connectivity index (χ0) is 13.3. The quantitative estimate of drug-likeness (QED) is 0.463. The van der Waals surface area contributed by atoms with Crippen LogP contribution in [0.3, 0.4) is 0 Å². The van der Waals surface area contributed by atoms with E-state index >= 15 is 0 Å². The van der Waals surface area contributed by atoms with Crippen LogP contribution in [0, 0.1) is 0 Å². The fraction of sp³-hybridized carbons (Fsp3) is 0.700. The molecule has 0 saturated heterocycles. The highest BCUT2D eigenvalue weighted by Crippen LogP contribution is 2.46. The first kappa shape index (κ1) is 16.3. The number of carboxylic acids is 1. The Morgan fingerprint density at radius 3 is 2.35 bits per heavy atom. The zero-order valence-corrected chi connectivity index (χ0v) is 11.1. The SMILES string of the molecule is C=CCC(NCP(=O)(OCC)OCC)C(=O)O. The van der Waals surface area contributed by atoms with Gasteiger partial charge in [-0.2, -0.15) is 0 Å². The Labute approximate surface area is 102 Å². The second-order valence-corrected chi connectivity index (χ2v) is 5.28. The molecule has 1 unspecified atom stereocenters. The molecule has 0 aliphatic carbocycles. The van der Waals surface area contributed by atoms with Crippen LogP contribution in [-0.2, 0) is 18.4 Å². The summed E-state index contributed by atoms with van der Waals surface area (Å²) < 4.78 is 22.1. The summed E-state index contributed by atoms with van der Waals surface area (Å²) in [5.41, 5.74) is 0. The fourth-order valence-electron chi connectivity index (χ4n) is 1.18. The molecule has 0 radical (unpaired) electrons. The Balaban J connectivity index is 4.40. The van der Waals surface area contributed by atoms with Gasteiger partial charge in [0.15, 0.2) is 0 Å². The molecule has 0 aromatic carbocycles. The van der Waals surface area contributed by atoms with Gasteiger partial charge in [0.05, 0.1) is 19.5 Å². The number of aliphatic carboxylic acids is 1. The van der Waals surface area contributed by atoms with Crippen LogP contribution < -0.4 is 5.32 Å². The first-order valence-electron chi connectivity index (χ1n) is 5.44. The lowest BCUT2D eigenvalue weighted by Gasteiger charge is -2.19. The molecule has 0 saturated carbocycles. The summed E-state index contributed by atoms with van der Waals surface area (Å²) in [4.78, 5) is 10.8. The Hall–Kier alpha value is -0.680. The van der Waals surface area contributed by atoms with Gasteiger partial charge in [0.1, 0.15) is 6.04 Å². The Kier molecular flexibility index (Phi) is 8.08. The Morgan fingerprint density at radius 2 is 2.00 bits per heavy atom. The molecule has 0 spiro atoms. The molecule has 0 heterocycles. The highest BCUT2D eigenvalue weighted by atomic mass is 31.2. The summed E-state index contributed by atoms with van der Waals surface area (Å²) in [6, 6.07) is -0.832. The third-order valence-corrected chi connectivity index (χ3v) is 3.76. The van der Waals surface area contributed by atoms with E-state index in [9.17, 15) is 9.36 Å². The van der Waals surface area contributed by atoms with E-state index in [1.807, 2.05) is 0 Å². The minimum Gasteiger partial charge on any atom is -0.480 e. The fourth-order valence-corrected chi connectivity index (χ4v) is 2.67. The molecule has 0 amide bonds. The van der Waals surface area contributed by atoms with Crippen molar-refractivity contribution < 1.29 is 23.5 Å². The van der Waals surface area contributed by atoms with Crippen molar-refractivity contribution in [3.63, 3.8) is 0 Å². The van der Waals surface area contributed by atoms with E-state index in [1.165, 1.54) is 6.08 Å². The average molecular weight is 265 g/mol. The molecule has 1 atom stereocenters. The minimum absolute atomic E-state index is 0.126. The van der Waals surface area contributed by atoms with E-state index in [0.29, 0.717) is 0 Å². The molecule has 6 nitrogen and oxygen atoms in total. The van der Waals surface area contributed by atoms with Crippen LogP contribution >= 0.6 is 7.60 Å². The second-order valence-electron chi connectivity index (χ2n) is 3.22. The third-order valence-electron chi connectivity index (χ3n) is 1.88. The molecule has 100 valence electrons. The van der Waals surface area contributed by atoms with Crippen LogP contribution in [0.2, 0.25) is 0 Å². The number of rotatable bonds is 10. The van der Waals surface area contributed by atoms with Crippen molar-refractivity contribution >= 4 is 13.6 Å². The van der Waals surface area contributed by atoms with Crippen molar-refractivity contribution in [3.05, 3.63) is 12.7 Å². The standard InChI is InChI=1S/C10H20NO5P/c1-4-7-9(10(12)13)11-8-17(14,15-5-2)16-6-3/h4,9,11H,1,5-8H2,2-3H3,(H,12,13). The molecular formula is C10H20NO5P. The van der Waals surface area contributed by atoms with Gasteiger partial charge in [0.25, 0.3) is 0 Å². The molecule has 0 bridgehead atoms. The molecule has 0 rings (SSSR count). The van der Waals surface area contributed by atoms with Crippen molar-refractivity contribution in [2.45, 2.75) is 26.3 Å². The lowest BCUT2D eigenvalue weighted by Crippen LogP contribution is -2.37. The molecule has 0 aliphatic rings. The van der Waals surface area contributed by atoms with Crippen molar-refractivity contribution in [2.24, 2.45) is 0 Å². The van der Waals surface area contributed by atoms with Gasteiger partial charge in [-0.15, -0.1) is 6.58 Å². The van der Waals surface area contributed by atoms with E-state index in [0.717, 1.165) is 0 Å². The van der Waals surface area contributed by atoms with E-state index in [4.69, 9.17) is 14.2 Å². The summed E-state index contributed by atoms with van der Waals surface area (Å²) in [7, 11) is -3.25. The summed E-state index contributed by atoms with van der Waals surface area (Å²) in [5.74, 6) is -1.02. The van der Waals surface area contributed by atoms with Gasteiger partial charge >= 0.3 is 13.6 Å². The van der Waals surface area contributed by atoms with E-state index in [2.05, 4.69) is 11.9 Å². The lowest BCUT2D eigenvalue weighted by atomic mass is 10.2. The van der Waals surface area contributed by atoms with Crippen molar-refractivity contribution in [1.82, 2.24) is 5.32 Å². The predicted octanol–water partition coefficient (Wildman–Crippen LogP) is 1.83. The smallest absolute Gasteiger partial charge is 0.344 e. The van der Waals surface area contributed by atoms with Crippen LogP contribution in [0.5, 0.6) is 0 Å². The molecule has 17 heavy (non-hydrogen) atoms. The van der Waals surface area contributed by atoms with Crippen LogP contribution in [0.15, 0.2) is 12.7 Å². The largest absolute Gasteiger partial charge is 0.480 e. The number of carbonyl (C=O) groups is 1. The van der Waals surface area contributed by atoms with Gasteiger partial charge in [-0.05, 0) is 20.3 Å². The van der Waals surface area contributed by atoms with Crippen LogP contribution in [-0.4, -0.2) is 36.6 Å². The van der Waals surface area contributed by atoms with Crippen LogP contribution in [0.1, 0.15) is 20.3 Å². The first-order chi connectivity index (χ1) is 7.99. The maximum absolute atomic E-state index is 12.0. The molecule has 0 fully saturated rings. The normalized spacial score (nSPS) is 13.3. The van der Waals surface area contributed by atoms with Gasteiger partial charge in [-0.1, -0.05) is 6.08 Å². The summed E-state index contributed by atoms with van der Waals surface area (Å²) in [5, 5.41) is 11.5. The van der Waals surface area contributed by atoms with Gasteiger partial charge in [-0.3, -0.25) is 14.7 Å². The molecule has 7 heteroatoms. The molecular weight excluding hydrogens is 245 g/mol. The molecule has 0 aromatic rings. The highest BCUT2D eigenvalue weighted by molar-refractivity contribution is 7.53. The van der Waals surface area contributed by atoms with Crippen molar-refractivity contribution in [2.75, 3.05) is 19.5 Å². The summed E-state index contributed by atoms with van der Waals surface area (Å²) >= 11 is 0. The zero-order valence-electron chi connectivity index (χ0n) is 10.2. The first-order valence-corrected chi connectivity index (χ1v) is 7.17. The van der Waals surface area contributed by atoms with Gasteiger partial charge < -0.3 is 14.2 Å². The number of carboxylic acid groups (broad SMARTS) is 1. The van der Waals surface area contributed by atoms with Gasteiger partial charge in [-0.25, -0.2) is 0 Å². The topological polar surface area (TPSA) is 84.9 Å². The minimum atomic E-state index is -3.25. The van der Waals surface area contributed by atoms with Crippen LogP contribution in [0.25, 0.3) is 0 Å². The second kappa shape index (κ2) is 8.42. The summed E-state index contributed by atoms with van der Waals surface area (Å²) in [6.45, 7) is 7.36. The number of hydrogen-bond donors (Lipinski definition) is 2. The average Bonchev–Trinajstić information content (AvgIpc) is 2.24. The maximum Gasteiger partial charge on any atom is 0.344 e. The van der Waals surface area contributed by atoms with E-state index in [-0.39, 0.29) is 25.9 Å². The highest BCUT2D eigenvalue weighted by Gasteiger charge is 2.26. The number of hydrogen-bond acceptors (Lipinski definition) is 5.